The standard InChI is InChI=1S/C17H9ClF3N5O/c18-10-5-9(6-22-7-10)14-23-8-12-15(25-14)26(16(27)24-12)13-4-2-1-3-11(13)17(19,20)21/h1-8H,(H,24,27). The van der Waals surface area contributed by atoms with Crippen molar-refractivity contribution in [1.29, 1.82) is 0 Å². The Bertz CT molecular complexity index is 1220. The van der Waals surface area contributed by atoms with Gasteiger partial charge in [-0.05, 0) is 18.2 Å². The van der Waals surface area contributed by atoms with Crippen molar-refractivity contribution >= 4 is 22.8 Å². The molecule has 0 aliphatic rings. The number of hydrogen-bond donors (Lipinski definition) is 1. The van der Waals surface area contributed by atoms with Gasteiger partial charge in [0.15, 0.2) is 11.5 Å². The van der Waals surface area contributed by atoms with E-state index in [4.69, 9.17) is 11.6 Å². The van der Waals surface area contributed by atoms with Crippen molar-refractivity contribution in [2.45, 2.75) is 6.18 Å². The molecule has 0 bridgehead atoms. The van der Waals surface area contributed by atoms with Gasteiger partial charge in [0.2, 0.25) is 0 Å². The van der Waals surface area contributed by atoms with Gasteiger partial charge in [-0.2, -0.15) is 13.2 Å². The number of alkyl halides is 3. The third-order valence-corrected chi connectivity index (χ3v) is 4.05. The van der Waals surface area contributed by atoms with Crippen LogP contribution in [0.25, 0.3) is 28.2 Å². The van der Waals surface area contributed by atoms with E-state index in [9.17, 15) is 18.0 Å². The maximum Gasteiger partial charge on any atom is 0.418 e. The summed E-state index contributed by atoms with van der Waals surface area (Å²) in [5.74, 6) is 0.176. The number of aromatic amines is 1. The van der Waals surface area contributed by atoms with E-state index < -0.39 is 17.4 Å². The van der Waals surface area contributed by atoms with Crippen molar-refractivity contribution in [3.05, 3.63) is 70.0 Å². The van der Waals surface area contributed by atoms with Gasteiger partial charge in [-0.1, -0.05) is 23.7 Å². The van der Waals surface area contributed by atoms with Gasteiger partial charge in [0.1, 0.15) is 5.52 Å². The number of hydrogen-bond acceptors (Lipinski definition) is 4. The molecule has 0 aliphatic carbocycles. The molecular weight excluding hydrogens is 383 g/mol. The molecule has 3 heterocycles. The minimum atomic E-state index is -4.63. The van der Waals surface area contributed by atoms with Crippen LogP contribution in [0, 0.1) is 0 Å². The Balaban J connectivity index is 1.99. The fourth-order valence-corrected chi connectivity index (χ4v) is 2.88. The molecule has 0 spiro atoms. The monoisotopic (exact) mass is 391 g/mol. The molecule has 6 nitrogen and oxygen atoms in total. The zero-order valence-electron chi connectivity index (χ0n) is 13.3. The number of benzene rings is 1. The van der Waals surface area contributed by atoms with E-state index in [-0.39, 0.29) is 22.7 Å². The van der Waals surface area contributed by atoms with Crippen molar-refractivity contribution in [3.63, 3.8) is 0 Å². The lowest BCUT2D eigenvalue weighted by atomic mass is 10.1. The fourth-order valence-electron chi connectivity index (χ4n) is 2.70. The molecule has 0 radical (unpaired) electrons. The van der Waals surface area contributed by atoms with E-state index in [0.717, 1.165) is 10.6 Å². The maximum atomic E-state index is 13.4. The van der Waals surface area contributed by atoms with Crippen molar-refractivity contribution in [3.8, 4) is 17.1 Å². The van der Waals surface area contributed by atoms with Gasteiger partial charge in [0.05, 0.1) is 22.5 Å². The van der Waals surface area contributed by atoms with Crippen LogP contribution in [0.15, 0.2) is 53.7 Å². The first kappa shape index (κ1) is 17.2. The van der Waals surface area contributed by atoms with E-state index in [1.54, 1.807) is 6.07 Å². The molecule has 0 atom stereocenters. The zero-order chi connectivity index (χ0) is 19.2. The Morgan fingerprint density at radius 3 is 2.63 bits per heavy atom. The second-order valence-electron chi connectivity index (χ2n) is 5.60. The summed E-state index contributed by atoms with van der Waals surface area (Å²) >= 11 is 5.91. The third-order valence-electron chi connectivity index (χ3n) is 3.84. The predicted octanol–water partition coefficient (Wildman–Crippen LogP) is 3.84. The van der Waals surface area contributed by atoms with Crippen LogP contribution >= 0.6 is 11.6 Å². The van der Waals surface area contributed by atoms with Gasteiger partial charge in [-0.15, -0.1) is 0 Å². The van der Waals surface area contributed by atoms with Crippen LogP contribution in [0.1, 0.15) is 5.56 Å². The molecule has 3 aromatic heterocycles. The van der Waals surface area contributed by atoms with E-state index in [1.165, 1.54) is 36.8 Å². The summed E-state index contributed by atoms with van der Waals surface area (Å²) in [6.07, 6.45) is -0.416. The Kier molecular flexibility index (Phi) is 3.96. The van der Waals surface area contributed by atoms with Gasteiger partial charge in [0.25, 0.3) is 0 Å². The summed E-state index contributed by atoms with van der Waals surface area (Å²) in [5.41, 5.74) is -1.34. The van der Waals surface area contributed by atoms with Crippen molar-refractivity contribution in [1.82, 2.24) is 24.5 Å². The molecule has 0 fully saturated rings. The van der Waals surface area contributed by atoms with Gasteiger partial charge in [-0.3, -0.25) is 4.98 Å². The molecule has 10 heteroatoms. The zero-order valence-corrected chi connectivity index (χ0v) is 14.1. The lowest BCUT2D eigenvalue weighted by Gasteiger charge is -2.13. The van der Waals surface area contributed by atoms with Crippen LogP contribution in [0.3, 0.4) is 0 Å². The lowest BCUT2D eigenvalue weighted by molar-refractivity contribution is -0.137. The van der Waals surface area contributed by atoms with E-state index in [2.05, 4.69) is 19.9 Å². The molecule has 0 amide bonds. The highest BCUT2D eigenvalue weighted by Crippen LogP contribution is 2.34. The number of aromatic nitrogens is 5. The first-order valence-corrected chi connectivity index (χ1v) is 7.97. The topological polar surface area (TPSA) is 76.5 Å². The molecular formula is C17H9ClF3N5O. The summed E-state index contributed by atoms with van der Waals surface area (Å²) in [6, 6.07) is 6.35. The molecule has 1 aromatic carbocycles. The Hall–Kier alpha value is -3.20. The summed E-state index contributed by atoms with van der Waals surface area (Å²) in [5, 5.41) is 0.352. The van der Waals surface area contributed by atoms with Crippen molar-refractivity contribution < 1.29 is 13.2 Å². The van der Waals surface area contributed by atoms with Crippen LogP contribution in [0.5, 0.6) is 0 Å². The minimum Gasteiger partial charge on any atom is -0.303 e. The molecule has 0 saturated heterocycles. The normalized spacial score (nSPS) is 11.9. The average Bonchev–Trinajstić information content (AvgIpc) is 2.95. The Morgan fingerprint density at radius 2 is 1.89 bits per heavy atom. The van der Waals surface area contributed by atoms with Crippen LogP contribution in [-0.2, 0) is 6.18 Å². The second kappa shape index (κ2) is 6.20. The molecule has 0 saturated carbocycles. The second-order valence-corrected chi connectivity index (χ2v) is 6.04. The van der Waals surface area contributed by atoms with Crippen LogP contribution in [-0.4, -0.2) is 24.5 Å². The first-order chi connectivity index (χ1) is 12.8. The lowest BCUT2D eigenvalue weighted by Crippen LogP contribution is -2.19. The van der Waals surface area contributed by atoms with Gasteiger partial charge < -0.3 is 4.98 Å². The minimum absolute atomic E-state index is 0.0154. The number of pyridine rings is 1. The molecule has 4 aromatic rings. The fraction of sp³-hybridized carbons (Fsp3) is 0.0588. The van der Waals surface area contributed by atoms with Gasteiger partial charge in [0, 0.05) is 18.0 Å². The highest BCUT2D eigenvalue weighted by atomic mass is 35.5. The number of H-pyrrole nitrogens is 1. The number of rotatable bonds is 2. The number of nitrogens with one attached hydrogen (secondary N) is 1. The van der Waals surface area contributed by atoms with Crippen LogP contribution in [0.2, 0.25) is 5.02 Å². The quantitative estimate of drug-likeness (QED) is 0.563. The SMILES string of the molecule is O=c1[nH]c2cnc(-c3cncc(Cl)c3)nc2n1-c1ccccc1C(F)(F)F. The number of halogens is 4. The third kappa shape index (κ3) is 3.06. The molecule has 1 N–H and O–H groups in total. The van der Waals surface area contributed by atoms with Crippen molar-refractivity contribution in [2.75, 3.05) is 0 Å². The Morgan fingerprint density at radius 1 is 1.11 bits per heavy atom. The van der Waals surface area contributed by atoms with E-state index in [0.29, 0.717) is 10.6 Å². The largest absolute Gasteiger partial charge is 0.418 e. The highest BCUT2D eigenvalue weighted by molar-refractivity contribution is 6.30. The van der Waals surface area contributed by atoms with Gasteiger partial charge >= 0.3 is 11.9 Å². The molecule has 0 aliphatic heterocycles. The summed E-state index contributed by atoms with van der Waals surface area (Å²) in [7, 11) is 0. The highest BCUT2D eigenvalue weighted by Gasteiger charge is 2.34. The number of para-hydroxylation sites is 1. The predicted molar refractivity (Wildman–Crippen MR) is 92.7 cm³/mol. The molecule has 27 heavy (non-hydrogen) atoms. The average molecular weight is 392 g/mol. The maximum absolute atomic E-state index is 13.4. The number of fused-ring (bicyclic) bond motifs is 1. The molecule has 4 rings (SSSR count). The summed E-state index contributed by atoms with van der Waals surface area (Å²) in [6.45, 7) is 0. The smallest absolute Gasteiger partial charge is 0.303 e. The summed E-state index contributed by atoms with van der Waals surface area (Å²) < 4.78 is 41.0. The van der Waals surface area contributed by atoms with Crippen LogP contribution < -0.4 is 5.69 Å². The van der Waals surface area contributed by atoms with Crippen LogP contribution in [0.4, 0.5) is 13.2 Å². The van der Waals surface area contributed by atoms with E-state index >= 15 is 0 Å². The van der Waals surface area contributed by atoms with E-state index in [1.807, 2.05) is 0 Å². The number of nitrogens with zero attached hydrogens (tertiary/aromatic N) is 4. The van der Waals surface area contributed by atoms with Gasteiger partial charge in [-0.25, -0.2) is 19.3 Å². The summed E-state index contributed by atoms with van der Waals surface area (Å²) in [4.78, 5) is 27.1. The van der Waals surface area contributed by atoms with Crippen molar-refractivity contribution in [2.24, 2.45) is 0 Å². The molecule has 0 unspecified atom stereocenters. The Labute approximate surface area is 154 Å². The molecule has 136 valence electrons. The number of imidazole rings is 1. The first-order valence-electron chi connectivity index (χ1n) is 7.60.